The topological polar surface area (TPSA) is 85.1 Å². The molecule has 0 unspecified atom stereocenters. The maximum Gasteiger partial charge on any atom is 0.264 e. The van der Waals surface area contributed by atoms with Crippen LogP contribution in [0.1, 0.15) is 0 Å². The van der Waals surface area contributed by atoms with E-state index in [-0.39, 0.29) is 5.69 Å². The highest BCUT2D eigenvalue weighted by Crippen LogP contribution is 2.27. The minimum atomic E-state index is -4.24. The molecule has 0 aliphatic carbocycles. The number of hydrogen-bond acceptors (Lipinski definition) is 4. The van der Waals surface area contributed by atoms with E-state index in [1.165, 1.54) is 18.5 Å². The number of nitrogens with zero attached hydrogens (tertiary/aromatic N) is 1. The highest BCUT2D eigenvalue weighted by molar-refractivity contribution is 9.10. The molecule has 1 aromatic heterocycles. The van der Waals surface area contributed by atoms with Crippen LogP contribution >= 0.6 is 15.9 Å². The van der Waals surface area contributed by atoms with E-state index in [1.54, 1.807) is 0 Å². The van der Waals surface area contributed by atoms with E-state index >= 15 is 0 Å². The number of benzene rings is 1. The molecular weight excluding hydrogens is 356 g/mol. The molecule has 0 amide bonds. The first-order chi connectivity index (χ1) is 9.33. The summed E-state index contributed by atoms with van der Waals surface area (Å²) in [7, 11) is -4.24. The van der Waals surface area contributed by atoms with Gasteiger partial charge in [-0.05, 0) is 34.1 Å². The maximum atomic E-state index is 13.8. The lowest BCUT2D eigenvalue weighted by molar-refractivity contribution is 0.557. The fourth-order valence-electron chi connectivity index (χ4n) is 1.41. The van der Waals surface area contributed by atoms with E-state index in [0.29, 0.717) is 4.47 Å². The van der Waals surface area contributed by atoms with Crippen LogP contribution in [0.5, 0.6) is 0 Å². The Bertz CT molecular complexity index is 768. The van der Waals surface area contributed by atoms with Gasteiger partial charge in [0.25, 0.3) is 10.0 Å². The average molecular weight is 364 g/mol. The van der Waals surface area contributed by atoms with Gasteiger partial charge in [0.05, 0.1) is 10.2 Å². The van der Waals surface area contributed by atoms with Crippen LogP contribution in [0.25, 0.3) is 0 Å². The molecule has 0 aliphatic rings. The van der Waals surface area contributed by atoms with Crippen molar-refractivity contribution < 1.29 is 17.2 Å². The van der Waals surface area contributed by atoms with E-state index in [1.807, 2.05) is 0 Å². The van der Waals surface area contributed by atoms with Gasteiger partial charge in [-0.1, -0.05) is 0 Å². The van der Waals surface area contributed by atoms with Crippen LogP contribution in [0.3, 0.4) is 0 Å². The molecule has 9 heteroatoms. The monoisotopic (exact) mass is 363 g/mol. The second kappa shape index (κ2) is 5.33. The predicted octanol–water partition coefficient (Wildman–Crippen LogP) is 2.51. The third-order valence-electron chi connectivity index (χ3n) is 2.40. The second-order valence-corrected chi connectivity index (χ2v) is 6.24. The maximum absolute atomic E-state index is 13.8. The quantitative estimate of drug-likeness (QED) is 0.820. The molecule has 20 heavy (non-hydrogen) atoms. The molecule has 0 atom stereocenters. The first kappa shape index (κ1) is 14.7. The third kappa shape index (κ3) is 2.73. The summed E-state index contributed by atoms with van der Waals surface area (Å²) >= 11 is 3.10. The number of aromatic nitrogens is 1. The van der Waals surface area contributed by atoms with Crippen molar-refractivity contribution in [1.82, 2.24) is 4.98 Å². The Hall–Kier alpha value is -1.74. The third-order valence-corrected chi connectivity index (χ3v) is 4.41. The number of nitrogens with two attached hydrogens (primary N) is 1. The molecule has 106 valence electrons. The summed E-state index contributed by atoms with van der Waals surface area (Å²) in [6.07, 6.45) is 2.73. The minimum Gasteiger partial charge on any atom is -0.394 e. The normalized spacial score (nSPS) is 11.3. The smallest absolute Gasteiger partial charge is 0.264 e. The van der Waals surface area contributed by atoms with Crippen molar-refractivity contribution in [3.8, 4) is 0 Å². The molecule has 0 fully saturated rings. The average Bonchev–Trinajstić information content (AvgIpc) is 2.38. The van der Waals surface area contributed by atoms with Gasteiger partial charge in [0.2, 0.25) is 0 Å². The first-order valence-electron chi connectivity index (χ1n) is 5.18. The van der Waals surface area contributed by atoms with Crippen LogP contribution in [-0.4, -0.2) is 13.4 Å². The Morgan fingerprint density at radius 1 is 1.25 bits per heavy atom. The summed E-state index contributed by atoms with van der Waals surface area (Å²) < 4.78 is 53.5. The highest BCUT2D eigenvalue weighted by atomic mass is 79.9. The molecule has 1 aromatic carbocycles. The SMILES string of the molecule is Nc1c(F)ccc(S(=O)(=O)Nc2ccncc2Br)c1F. The van der Waals surface area contributed by atoms with E-state index in [9.17, 15) is 17.2 Å². The van der Waals surface area contributed by atoms with Gasteiger partial charge in [0.1, 0.15) is 16.4 Å². The molecule has 3 N–H and O–H groups in total. The van der Waals surface area contributed by atoms with Gasteiger partial charge in [0.15, 0.2) is 5.82 Å². The number of halogens is 3. The fraction of sp³-hybridized carbons (Fsp3) is 0. The number of sulfonamides is 1. The van der Waals surface area contributed by atoms with Gasteiger partial charge in [-0.15, -0.1) is 0 Å². The number of anilines is 2. The molecule has 2 rings (SSSR count). The molecule has 1 heterocycles. The zero-order valence-electron chi connectivity index (χ0n) is 9.77. The molecule has 0 spiro atoms. The van der Waals surface area contributed by atoms with Crippen molar-refractivity contribution >= 4 is 37.3 Å². The molecule has 0 aliphatic heterocycles. The van der Waals surface area contributed by atoms with E-state index in [2.05, 4.69) is 25.6 Å². The zero-order chi connectivity index (χ0) is 14.9. The molecule has 0 saturated carbocycles. The Labute approximate surface area is 122 Å². The summed E-state index contributed by atoms with van der Waals surface area (Å²) in [6.45, 7) is 0. The lowest BCUT2D eigenvalue weighted by Crippen LogP contribution is -2.16. The molecule has 2 aromatic rings. The summed E-state index contributed by atoms with van der Waals surface area (Å²) in [6, 6.07) is 2.97. The molecule has 0 radical (unpaired) electrons. The van der Waals surface area contributed by atoms with Gasteiger partial charge < -0.3 is 5.73 Å². The highest BCUT2D eigenvalue weighted by Gasteiger charge is 2.23. The predicted molar refractivity (Wildman–Crippen MR) is 73.5 cm³/mol. The fourth-order valence-corrected chi connectivity index (χ4v) is 3.07. The van der Waals surface area contributed by atoms with E-state index < -0.39 is 32.2 Å². The molecule has 0 saturated heterocycles. The van der Waals surface area contributed by atoms with Crippen molar-refractivity contribution in [2.24, 2.45) is 0 Å². The Kier molecular flexibility index (Phi) is 3.91. The van der Waals surface area contributed by atoms with Crippen molar-refractivity contribution in [2.45, 2.75) is 4.90 Å². The molecular formula is C11H8BrF2N3O2S. The van der Waals surface area contributed by atoms with Gasteiger partial charge >= 0.3 is 0 Å². The van der Waals surface area contributed by atoms with Gasteiger partial charge in [-0.2, -0.15) is 0 Å². The van der Waals surface area contributed by atoms with Crippen LogP contribution in [-0.2, 0) is 10.0 Å². The number of nitrogens with one attached hydrogen (secondary N) is 1. The second-order valence-electron chi connectivity index (χ2n) is 3.73. The largest absolute Gasteiger partial charge is 0.394 e. The number of rotatable bonds is 3. The molecule has 0 bridgehead atoms. The standard InChI is InChI=1S/C11H8BrF2N3O2S/c12-6-5-16-4-3-8(6)17-20(18,19)9-2-1-7(13)11(15)10(9)14/h1-5H,15H2,(H,16,17). The van der Waals surface area contributed by atoms with E-state index in [4.69, 9.17) is 5.73 Å². The molecule has 5 nitrogen and oxygen atoms in total. The summed E-state index contributed by atoms with van der Waals surface area (Å²) in [4.78, 5) is 3.03. The lowest BCUT2D eigenvalue weighted by Gasteiger charge is -2.11. The van der Waals surface area contributed by atoms with Crippen LogP contribution in [0, 0.1) is 11.6 Å². The Morgan fingerprint density at radius 3 is 2.60 bits per heavy atom. The van der Waals surface area contributed by atoms with Gasteiger partial charge in [-0.25, -0.2) is 17.2 Å². The Balaban J connectivity index is 2.47. The zero-order valence-corrected chi connectivity index (χ0v) is 12.2. The summed E-state index contributed by atoms with van der Waals surface area (Å²) in [5, 5.41) is 0. The first-order valence-corrected chi connectivity index (χ1v) is 7.46. The number of nitrogen functional groups attached to an aromatic ring is 1. The van der Waals surface area contributed by atoms with Crippen molar-refractivity contribution in [1.29, 1.82) is 0 Å². The summed E-state index contributed by atoms with van der Waals surface area (Å²) in [5.41, 5.74) is 4.46. The van der Waals surface area contributed by atoms with Crippen molar-refractivity contribution in [3.63, 3.8) is 0 Å². The van der Waals surface area contributed by atoms with Crippen molar-refractivity contribution in [3.05, 3.63) is 46.7 Å². The van der Waals surface area contributed by atoms with Crippen LogP contribution in [0.2, 0.25) is 0 Å². The van der Waals surface area contributed by atoms with Crippen molar-refractivity contribution in [2.75, 3.05) is 10.5 Å². The van der Waals surface area contributed by atoms with Crippen LogP contribution in [0.4, 0.5) is 20.2 Å². The number of hydrogen-bond donors (Lipinski definition) is 2. The lowest BCUT2D eigenvalue weighted by atomic mass is 10.3. The minimum absolute atomic E-state index is 0.169. The Morgan fingerprint density at radius 2 is 1.95 bits per heavy atom. The number of pyridine rings is 1. The summed E-state index contributed by atoms with van der Waals surface area (Å²) in [5.74, 6) is -2.35. The van der Waals surface area contributed by atoms with Crippen LogP contribution < -0.4 is 10.5 Å². The van der Waals surface area contributed by atoms with Gasteiger partial charge in [-0.3, -0.25) is 9.71 Å². The van der Waals surface area contributed by atoms with E-state index in [0.717, 1.165) is 12.1 Å². The van der Waals surface area contributed by atoms with Gasteiger partial charge in [0, 0.05) is 12.4 Å². The van der Waals surface area contributed by atoms with Crippen LogP contribution in [0.15, 0.2) is 40.0 Å².